The van der Waals surface area contributed by atoms with Gasteiger partial charge in [-0.3, -0.25) is 19.7 Å². The average molecular weight is 507 g/mol. The van der Waals surface area contributed by atoms with Gasteiger partial charge in [-0.25, -0.2) is 4.68 Å². The molecule has 4 aromatic rings. The average Bonchev–Trinajstić information content (AvgIpc) is 3.52. The van der Waals surface area contributed by atoms with E-state index in [1.165, 1.54) is 0 Å². The third-order valence-corrected chi connectivity index (χ3v) is 6.42. The molecule has 11 nitrogen and oxygen atoms in total. The molecule has 5 rings (SSSR count). The highest BCUT2D eigenvalue weighted by Crippen LogP contribution is 2.33. The molecule has 0 aliphatic carbocycles. The molecule has 0 amide bonds. The highest BCUT2D eigenvalue weighted by molar-refractivity contribution is 5.91. The number of hydrogen-bond donors (Lipinski definition) is 2. The summed E-state index contributed by atoms with van der Waals surface area (Å²) in [5.41, 5.74) is 5.05. The second kappa shape index (κ2) is 10.3. The van der Waals surface area contributed by atoms with E-state index < -0.39 is 0 Å². The predicted octanol–water partition coefficient (Wildman–Crippen LogP) is 3.11. The van der Waals surface area contributed by atoms with Crippen LogP contribution in [0.5, 0.6) is 11.8 Å². The first-order valence-corrected chi connectivity index (χ1v) is 12.7. The smallest absolute Gasteiger partial charge is 0.240 e. The predicted molar refractivity (Wildman–Crippen MR) is 141 cm³/mol. The van der Waals surface area contributed by atoms with Crippen LogP contribution in [0.3, 0.4) is 0 Å². The third kappa shape index (κ3) is 4.96. The molecule has 37 heavy (non-hydrogen) atoms. The number of rotatable bonds is 5. The summed E-state index contributed by atoms with van der Waals surface area (Å²) >= 11 is 0. The summed E-state index contributed by atoms with van der Waals surface area (Å²) in [6.45, 7) is 10.6. The Hall–Kier alpha value is -3.70. The maximum Gasteiger partial charge on any atom is 0.240 e. The molecule has 0 saturated heterocycles. The molecule has 0 fully saturated rings. The third-order valence-electron chi connectivity index (χ3n) is 6.42. The number of aliphatic hydroxyl groups is 1. The number of hydrogen-bond acceptors (Lipinski definition) is 8. The van der Waals surface area contributed by atoms with Gasteiger partial charge in [0.05, 0.1) is 65.4 Å². The Kier molecular flexibility index (Phi) is 6.98. The fourth-order valence-corrected chi connectivity index (χ4v) is 4.63. The lowest BCUT2D eigenvalue weighted by Gasteiger charge is -2.25. The zero-order valence-corrected chi connectivity index (χ0v) is 22.0. The largest absolute Gasteiger partial charge is 0.473 e. The van der Waals surface area contributed by atoms with Crippen LogP contribution >= 0.6 is 0 Å². The lowest BCUT2D eigenvalue weighted by atomic mass is 10.1. The minimum Gasteiger partial charge on any atom is -0.473 e. The Balaban J connectivity index is 1.70. The van der Waals surface area contributed by atoms with Crippen LogP contribution in [0.25, 0.3) is 34.3 Å². The molecule has 1 atom stereocenters. The highest BCUT2D eigenvalue weighted by atomic mass is 16.5. The van der Waals surface area contributed by atoms with Gasteiger partial charge in [0, 0.05) is 25.5 Å². The number of aliphatic hydroxyl groups excluding tert-OH is 1. The van der Waals surface area contributed by atoms with E-state index in [-0.39, 0.29) is 18.8 Å². The molecule has 0 radical (unpaired) electrons. The van der Waals surface area contributed by atoms with Gasteiger partial charge in [0.15, 0.2) is 0 Å². The van der Waals surface area contributed by atoms with E-state index >= 15 is 0 Å². The summed E-state index contributed by atoms with van der Waals surface area (Å²) in [6, 6.07) is 2.01. The van der Waals surface area contributed by atoms with E-state index in [0.29, 0.717) is 31.4 Å². The number of likely N-dealkylation sites (N-methyl/N-ethyl adjacent to an activating group) is 1. The molecular formula is C26H34N8O3. The molecule has 0 unspecified atom stereocenters. The van der Waals surface area contributed by atoms with Crippen molar-refractivity contribution in [2.75, 3.05) is 19.7 Å². The number of aromatic amines is 1. The van der Waals surface area contributed by atoms with Gasteiger partial charge in [-0.1, -0.05) is 6.92 Å². The van der Waals surface area contributed by atoms with E-state index in [0.717, 1.165) is 45.7 Å². The topological polar surface area (TPSA) is 119 Å². The Morgan fingerprint density at radius 2 is 2.11 bits per heavy atom. The van der Waals surface area contributed by atoms with Gasteiger partial charge in [0.25, 0.3) is 0 Å². The molecule has 2 N–H and O–H groups in total. The van der Waals surface area contributed by atoms with E-state index in [4.69, 9.17) is 14.6 Å². The Labute approximate surface area is 215 Å². The fourth-order valence-electron chi connectivity index (χ4n) is 4.63. The fraction of sp³-hybridized carbons (Fsp3) is 0.462. The lowest BCUT2D eigenvalue weighted by Crippen LogP contribution is -2.34. The van der Waals surface area contributed by atoms with Crippen molar-refractivity contribution < 1.29 is 14.6 Å². The van der Waals surface area contributed by atoms with Crippen LogP contribution in [0.15, 0.2) is 18.5 Å². The van der Waals surface area contributed by atoms with Crippen molar-refractivity contribution in [2.45, 2.75) is 53.0 Å². The van der Waals surface area contributed by atoms with Crippen molar-refractivity contribution in [3.63, 3.8) is 0 Å². The molecule has 11 heteroatoms. The quantitative estimate of drug-likeness (QED) is 0.424. The molecule has 1 aliphatic heterocycles. The lowest BCUT2D eigenvalue weighted by molar-refractivity contribution is 0.133. The second-order valence-corrected chi connectivity index (χ2v) is 9.58. The minimum atomic E-state index is -0.118. The SMILES string of the molecule is CCN1Cc2c(c(OC(C)C)nn2CCO)/C=C/c2n[nH]c3cnc(cc23)-c2cnn(C)c2O[C@H](C)C1. The normalized spacial score (nSPS) is 17.3. The van der Waals surface area contributed by atoms with Crippen LogP contribution in [0, 0.1) is 0 Å². The van der Waals surface area contributed by atoms with Crippen molar-refractivity contribution >= 4 is 23.1 Å². The standard InChI is InChI=1S/C26H34N8O3/c1-6-33-14-17(4)37-26-20(12-28-32(26)5)22-11-19-21(29-30-23(19)13-27-22)8-7-18-24(15-33)34(9-10-35)31-25(18)36-16(2)3/h7-8,11-13,16-17,35H,6,9-10,14-15H2,1-5H3,(H,29,30)/b8-7+/t17-/m1/s1. The molecule has 196 valence electrons. The second-order valence-electron chi connectivity index (χ2n) is 9.58. The van der Waals surface area contributed by atoms with Gasteiger partial charge in [-0.2, -0.15) is 10.2 Å². The number of aromatic nitrogens is 7. The molecular weight excluding hydrogens is 472 g/mol. The molecule has 0 aromatic carbocycles. The summed E-state index contributed by atoms with van der Waals surface area (Å²) in [5, 5.41) is 27.5. The van der Waals surface area contributed by atoms with Crippen molar-refractivity contribution in [3.8, 4) is 23.0 Å². The molecule has 0 saturated carbocycles. The zero-order valence-electron chi connectivity index (χ0n) is 22.0. The van der Waals surface area contributed by atoms with Gasteiger partial charge in [-0.05, 0) is 45.5 Å². The number of nitrogens with zero attached hydrogens (tertiary/aromatic N) is 7. The Morgan fingerprint density at radius 3 is 2.86 bits per heavy atom. The molecule has 2 bridgehead atoms. The van der Waals surface area contributed by atoms with Gasteiger partial charge in [0.2, 0.25) is 11.8 Å². The Morgan fingerprint density at radius 1 is 1.27 bits per heavy atom. The number of ether oxygens (including phenoxy) is 2. The van der Waals surface area contributed by atoms with Crippen LogP contribution in [0.4, 0.5) is 0 Å². The number of nitrogens with one attached hydrogen (secondary N) is 1. The van der Waals surface area contributed by atoms with Gasteiger partial charge in [0.1, 0.15) is 6.10 Å². The van der Waals surface area contributed by atoms with E-state index in [1.54, 1.807) is 17.1 Å². The van der Waals surface area contributed by atoms with Crippen molar-refractivity contribution in [2.24, 2.45) is 7.05 Å². The van der Waals surface area contributed by atoms with Gasteiger partial charge >= 0.3 is 0 Å². The molecule has 1 aliphatic rings. The number of aryl methyl sites for hydroxylation is 1. The number of H-pyrrole nitrogens is 1. The molecule has 5 heterocycles. The highest BCUT2D eigenvalue weighted by Gasteiger charge is 2.23. The maximum atomic E-state index is 9.75. The number of pyridine rings is 1. The van der Waals surface area contributed by atoms with Crippen molar-refractivity contribution in [1.82, 2.24) is 39.6 Å². The number of fused-ring (bicyclic) bond motifs is 4. The van der Waals surface area contributed by atoms with Crippen LogP contribution in [-0.4, -0.2) is 76.7 Å². The van der Waals surface area contributed by atoms with Crippen molar-refractivity contribution in [3.05, 3.63) is 35.4 Å². The first-order chi connectivity index (χ1) is 17.9. The Bertz CT molecular complexity index is 1420. The molecule has 0 spiro atoms. The maximum absolute atomic E-state index is 9.75. The van der Waals surface area contributed by atoms with Crippen LogP contribution in [-0.2, 0) is 20.1 Å². The van der Waals surface area contributed by atoms with Crippen molar-refractivity contribution in [1.29, 1.82) is 0 Å². The zero-order chi connectivity index (χ0) is 26.1. The summed E-state index contributed by atoms with van der Waals surface area (Å²) in [6.07, 6.45) is 7.38. The van der Waals surface area contributed by atoms with E-state index in [9.17, 15) is 5.11 Å². The summed E-state index contributed by atoms with van der Waals surface area (Å²) in [4.78, 5) is 6.95. The van der Waals surface area contributed by atoms with Crippen LogP contribution in [0.1, 0.15) is 44.6 Å². The van der Waals surface area contributed by atoms with Crippen LogP contribution in [0.2, 0.25) is 0 Å². The molecule has 4 aromatic heterocycles. The minimum absolute atomic E-state index is 0.0202. The van der Waals surface area contributed by atoms with Crippen LogP contribution < -0.4 is 9.47 Å². The summed E-state index contributed by atoms with van der Waals surface area (Å²) < 4.78 is 16.1. The van der Waals surface area contributed by atoms with E-state index in [2.05, 4.69) is 39.0 Å². The summed E-state index contributed by atoms with van der Waals surface area (Å²) in [5.74, 6) is 1.21. The first kappa shape index (κ1) is 25.0. The van der Waals surface area contributed by atoms with Gasteiger partial charge in [-0.15, -0.1) is 5.10 Å². The first-order valence-electron chi connectivity index (χ1n) is 12.7. The summed E-state index contributed by atoms with van der Waals surface area (Å²) in [7, 11) is 1.87. The monoisotopic (exact) mass is 506 g/mol. The van der Waals surface area contributed by atoms with Gasteiger partial charge < -0.3 is 14.6 Å². The van der Waals surface area contributed by atoms with E-state index in [1.807, 2.05) is 43.8 Å².